The van der Waals surface area contributed by atoms with E-state index in [-0.39, 0.29) is 0 Å². The van der Waals surface area contributed by atoms with Gasteiger partial charge in [0.2, 0.25) is 5.91 Å². The summed E-state index contributed by atoms with van der Waals surface area (Å²) in [6.45, 7) is 7.21. The number of rotatable bonds is 5. The SMILES string of the molecule is CCCCn1ccnc1C1CCN(C(=O)C2[C@H]3CNC[C@@H]23)CC1. The zero-order chi connectivity index (χ0) is 15.8. The summed E-state index contributed by atoms with van der Waals surface area (Å²) in [5, 5.41) is 3.38. The number of unbranched alkanes of at least 4 members (excludes halogenated alkanes) is 1. The number of aryl methyl sites for hydroxylation is 1. The topological polar surface area (TPSA) is 50.2 Å². The van der Waals surface area contributed by atoms with Gasteiger partial charge in [-0.25, -0.2) is 4.98 Å². The van der Waals surface area contributed by atoms with Gasteiger partial charge in [0.1, 0.15) is 5.82 Å². The van der Waals surface area contributed by atoms with Crippen LogP contribution in [0.15, 0.2) is 12.4 Å². The molecule has 3 aliphatic rings. The van der Waals surface area contributed by atoms with Crippen LogP contribution in [0.1, 0.15) is 44.3 Å². The number of carbonyl (C=O) groups is 1. The van der Waals surface area contributed by atoms with Gasteiger partial charge in [-0.1, -0.05) is 13.3 Å². The van der Waals surface area contributed by atoms with Gasteiger partial charge in [-0.2, -0.15) is 0 Å². The minimum atomic E-state index is 0.333. The summed E-state index contributed by atoms with van der Waals surface area (Å²) in [4.78, 5) is 19.4. The van der Waals surface area contributed by atoms with Crippen molar-refractivity contribution in [3.63, 3.8) is 0 Å². The van der Waals surface area contributed by atoms with Crippen molar-refractivity contribution in [2.24, 2.45) is 17.8 Å². The van der Waals surface area contributed by atoms with E-state index < -0.39 is 0 Å². The highest BCUT2D eigenvalue weighted by molar-refractivity contribution is 5.82. The molecule has 4 rings (SSSR count). The van der Waals surface area contributed by atoms with Crippen molar-refractivity contribution in [2.75, 3.05) is 26.2 Å². The number of amides is 1. The lowest BCUT2D eigenvalue weighted by Gasteiger charge is -2.32. The van der Waals surface area contributed by atoms with Crippen molar-refractivity contribution in [3.05, 3.63) is 18.2 Å². The molecule has 1 amide bonds. The monoisotopic (exact) mass is 316 g/mol. The number of carbonyl (C=O) groups excluding carboxylic acids is 1. The van der Waals surface area contributed by atoms with Gasteiger partial charge >= 0.3 is 0 Å². The zero-order valence-electron chi connectivity index (χ0n) is 14.1. The van der Waals surface area contributed by atoms with Gasteiger partial charge in [0.15, 0.2) is 0 Å². The first-order chi connectivity index (χ1) is 11.3. The quantitative estimate of drug-likeness (QED) is 0.902. The number of nitrogens with zero attached hydrogens (tertiary/aromatic N) is 3. The molecule has 3 atom stereocenters. The van der Waals surface area contributed by atoms with E-state index in [1.807, 2.05) is 6.20 Å². The summed E-state index contributed by atoms with van der Waals surface area (Å²) < 4.78 is 2.32. The highest BCUT2D eigenvalue weighted by Crippen LogP contribution is 2.49. The molecule has 3 fully saturated rings. The maximum atomic E-state index is 12.7. The Hall–Kier alpha value is -1.36. The second-order valence-corrected chi connectivity index (χ2v) is 7.44. The standard InChI is InChI=1S/C18H28N4O/c1-2-3-7-21-10-6-20-17(21)13-4-8-22(9-5-13)18(23)16-14-11-19-12-15(14)16/h6,10,13-16,19H,2-5,7-9,11-12H2,1H3/t14-,15+,16?. The van der Waals surface area contributed by atoms with Crippen LogP contribution in [0.5, 0.6) is 0 Å². The number of hydrogen-bond acceptors (Lipinski definition) is 3. The van der Waals surface area contributed by atoms with Crippen LogP contribution in [0.2, 0.25) is 0 Å². The van der Waals surface area contributed by atoms with Crippen LogP contribution in [-0.4, -0.2) is 46.5 Å². The van der Waals surface area contributed by atoms with Gasteiger partial charge in [0.05, 0.1) is 0 Å². The molecule has 1 aromatic heterocycles. The fourth-order valence-corrected chi connectivity index (χ4v) is 4.55. The average Bonchev–Trinajstić information content (AvgIpc) is 2.97. The molecule has 2 saturated heterocycles. The van der Waals surface area contributed by atoms with Crippen LogP contribution in [0.25, 0.3) is 0 Å². The maximum absolute atomic E-state index is 12.7. The number of nitrogens with one attached hydrogen (secondary N) is 1. The Bertz CT molecular complexity index is 551. The molecule has 1 N–H and O–H groups in total. The van der Waals surface area contributed by atoms with Gasteiger partial charge < -0.3 is 14.8 Å². The third-order valence-corrected chi connectivity index (χ3v) is 6.05. The molecule has 1 aromatic rings. The summed E-state index contributed by atoms with van der Waals surface area (Å²) in [7, 11) is 0. The molecule has 5 nitrogen and oxygen atoms in total. The zero-order valence-corrected chi connectivity index (χ0v) is 14.1. The predicted molar refractivity (Wildman–Crippen MR) is 89.0 cm³/mol. The highest BCUT2D eigenvalue weighted by Gasteiger charge is 2.57. The summed E-state index contributed by atoms with van der Waals surface area (Å²) in [6, 6.07) is 0. The molecule has 1 aliphatic carbocycles. The molecular formula is C18H28N4O. The van der Waals surface area contributed by atoms with E-state index >= 15 is 0 Å². The average molecular weight is 316 g/mol. The Labute approximate surface area is 138 Å². The largest absolute Gasteiger partial charge is 0.342 e. The van der Waals surface area contributed by atoms with E-state index in [4.69, 9.17) is 0 Å². The molecule has 0 spiro atoms. The van der Waals surface area contributed by atoms with Crippen LogP contribution >= 0.6 is 0 Å². The number of fused-ring (bicyclic) bond motifs is 1. The molecule has 0 aromatic carbocycles. The Balaban J connectivity index is 1.32. The Morgan fingerprint density at radius 3 is 2.74 bits per heavy atom. The van der Waals surface area contributed by atoms with Gasteiger partial charge in [-0.05, 0) is 44.2 Å². The van der Waals surface area contributed by atoms with Crippen molar-refractivity contribution in [3.8, 4) is 0 Å². The first-order valence-corrected chi connectivity index (χ1v) is 9.30. The number of piperidine rings is 2. The molecule has 2 aliphatic heterocycles. The number of aromatic nitrogens is 2. The van der Waals surface area contributed by atoms with E-state index in [1.54, 1.807) is 0 Å². The number of likely N-dealkylation sites (tertiary alicyclic amines) is 1. The second kappa shape index (κ2) is 6.27. The molecular weight excluding hydrogens is 288 g/mol. The van der Waals surface area contributed by atoms with E-state index in [9.17, 15) is 4.79 Å². The Morgan fingerprint density at radius 2 is 2.04 bits per heavy atom. The van der Waals surface area contributed by atoms with Gasteiger partial charge in [0, 0.05) is 43.9 Å². The van der Waals surface area contributed by atoms with Crippen LogP contribution in [-0.2, 0) is 11.3 Å². The van der Waals surface area contributed by atoms with E-state index in [0.717, 1.165) is 45.6 Å². The third kappa shape index (κ3) is 2.80. The Kier molecular flexibility index (Phi) is 4.14. The first kappa shape index (κ1) is 15.2. The minimum Gasteiger partial charge on any atom is -0.342 e. The number of imidazole rings is 1. The lowest BCUT2D eigenvalue weighted by molar-refractivity contribution is -0.134. The van der Waals surface area contributed by atoms with Crippen molar-refractivity contribution in [2.45, 2.75) is 45.1 Å². The van der Waals surface area contributed by atoms with Crippen molar-refractivity contribution in [1.29, 1.82) is 0 Å². The van der Waals surface area contributed by atoms with Gasteiger partial charge in [-0.3, -0.25) is 4.79 Å². The number of hydrogen-bond donors (Lipinski definition) is 1. The van der Waals surface area contributed by atoms with Crippen molar-refractivity contribution in [1.82, 2.24) is 19.8 Å². The normalized spacial score (nSPS) is 30.5. The van der Waals surface area contributed by atoms with Crippen LogP contribution in [0, 0.1) is 17.8 Å². The minimum absolute atomic E-state index is 0.333. The fourth-order valence-electron chi connectivity index (χ4n) is 4.55. The maximum Gasteiger partial charge on any atom is 0.226 e. The summed E-state index contributed by atoms with van der Waals surface area (Å²) in [5.41, 5.74) is 0. The summed E-state index contributed by atoms with van der Waals surface area (Å²) in [6.07, 6.45) is 8.59. The van der Waals surface area contributed by atoms with E-state index in [1.165, 1.54) is 18.7 Å². The highest BCUT2D eigenvalue weighted by atomic mass is 16.2. The Morgan fingerprint density at radius 1 is 1.30 bits per heavy atom. The lowest BCUT2D eigenvalue weighted by Crippen LogP contribution is -2.40. The smallest absolute Gasteiger partial charge is 0.226 e. The van der Waals surface area contributed by atoms with E-state index in [2.05, 4.69) is 32.9 Å². The van der Waals surface area contributed by atoms with Gasteiger partial charge in [-0.15, -0.1) is 0 Å². The van der Waals surface area contributed by atoms with Crippen molar-refractivity contribution < 1.29 is 4.79 Å². The molecule has 3 heterocycles. The second-order valence-electron chi connectivity index (χ2n) is 7.44. The van der Waals surface area contributed by atoms with Crippen LogP contribution in [0.4, 0.5) is 0 Å². The molecule has 23 heavy (non-hydrogen) atoms. The molecule has 126 valence electrons. The summed E-state index contributed by atoms with van der Waals surface area (Å²) in [5.74, 6) is 3.78. The fraction of sp³-hybridized carbons (Fsp3) is 0.778. The molecule has 1 unspecified atom stereocenters. The van der Waals surface area contributed by atoms with Gasteiger partial charge in [0.25, 0.3) is 0 Å². The molecule has 5 heteroatoms. The van der Waals surface area contributed by atoms with Crippen LogP contribution in [0.3, 0.4) is 0 Å². The van der Waals surface area contributed by atoms with Crippen molar-refractivity contribution >= 4 is 5.91 Å². The first-order valence-electron chi connectivity index (χ1n) is 9.30. The third-order valence-electron chi connectivity index (χ3n) is 6.05. The molecule has 1 saturated carbocycles. The predicted octanol–water partition coefficient (Wildman–Crippen LogP) is 1.85. The lowest BCUT2D eigenvalue weighted by atomic mass is 9.95. The van der Waals surface area contributed by atoms with E-state index in [0.29, 0.717) is 29.6 Å². The molecule has 0 bridgehead atoms. The molecule has 0 radical (unpaired) electrons. The van der Waals surface area contributed by atoms with Crippen LogP contribution < -0.4 is 5.32 Å². The summed E-state index contributed by atoms with van der Waals surface area (Å²) >= 11 is 0.